The number of Topliss-reactive ketones (excluding diaryl/α,β-unsaturated/α-hetero) is 3. The Kier molecular flexibility index (Phi) is 27.1. The van der Waals surface area contributed by atoms with E-state index in [1.54, 1.807) is 34.0 Å². The Hall–Kier alpha value is -2.68. The predicted octanol–water partition coefficient (Wildman–Crippen LogP) is 8.17. The first-order chi connectivity index (χ1) is 34.8. The number of ether oxygens (including phenoxy) is 6. The van der Waals surface area contributed by atoms with Crippen molar-refractivity contribution in [1.29, 1.82) is 0 Å². The minimum Gasteiger partial charge on any atom is -0.460 e. The average molecular weight is 1140 g/mol. The lowest BCUT2D eigenvalue weighted by molar-refractivity contribution is -0.266. The molecule has 73 heavy (non-hydrogen) atoms. The van der Waals surface area contributed by atoms with E-state index >= 15 is 0 Å². The van der Waals surface area contributed by atoms with Crippen LogP contribution in [0.25, 0.3) is 0 Å². The van der Waals surface area contributed by atoms with Crippen molar-refractivity contribution in [2.24, 2.45) is 35.5 Å². The van der Waals surface area contributed by atoms with Gasteiger partial charge in [-0.2, -0.15) is 0 Å². The SMILES string of the molecule is CO[C@@H]1C[C@H](C[C@@H](C)[C@@H]2CC(=O)[C@H](C)/C=C(\C)[C@@H](O)[C@@H](OC)C(=O)[C@H](C)C[C@H](C)/C=C/C=C/C=C(\C)[C@@H](OCCCCO)C[C@@H]3CC[C@@H](C)[C@@](O)(O3)C(=O)C(=O)N3CCCC[C@H]3C(=O)O2)CC[C@H]1OCCCI. The number of aliphatic hydroxyl groups excluding tert-OH is 2. The number of rotatable bonds is 14. The Balaban J connectivity index is 1.71. The van der Waals surface area contributed by atoms with Gasteiger partial charge in [-0.1, -0.05) is 93.7 Å². The van der Waals surface area contributed by atoms with Gasteiger partial charge in [-0.3, -0.25) is 19.2 Å². The normalized spacial score (nSPS) is 37.3. The van der Waals surface area contributed by atoms with Crippen LogP contribution in [0.15, 0.2) is 47.6 Å². The number of amides is 1. The van der Waals surface area contributed by atoms with Crippen molar-refractivity contribution in [1.82, 2.24) is 4.90 Å². The second-order valence-electron chi connectivity index (χ2n) is 21.5. The van der Waals surface area contributed by atoms with Gasteiger partial charge in [-0.05, 0) is 126 Å². The summed E-state index contributed by atoms with van der Waals surface area (Å²) in [5.74, 6) is -7.92. The molecule has 0 aromatic rings. The van der Waals surface area contributed by atoms with E-state index in [1.807, 2.05) is 58.1 Å². The Labute approximate surface area is 449 Å². The van der Waals surface area contributed by atoms with E-state index in [4.69, 9.17) is 28.4 Å². The van der Waals surface area contributed by atoms with Crippen LogP contribution >= 0.6 is 22.6 Å². The Bertz CT molecular complexity index is 1900. The zero-order valence-electron chi connectivity index (χ0n) is 45.3. The molecule has 16 heteroatoms. The number of cyclic esters (lactones) is 1. The number of fused-ring (bicyclic) bond motifs is 3. The third-order valence-electron chi connectivity index (χ3n) is 15.7. The number of hydrogen-bond donors (Lipinski definition) is 3. The fraction of sp³-hybridized carbons (Fsp3) is 0.772. The minimum absolute atomic E-state index is 0.00128. The number of nitrogens with zero attached hydrogens (tertiary/aromatic N) is 1. The topological polar surface area (TPSA) is 205 Å². The number of esters is 1. The summed E-state index contributed by atoms with van der Waals surface area (Å²) in [4.78, 5) is 72.8. The number of alkyl halides is 1. The molecular weight excluding hydrogens is 1050 g/mol. The van der Waals surface area contributed by atoms with E-state index in [-0.39, 0.29) is 73.9 Å². The van der Waals surface area contributed by atoms with Crippen LogP contribution in [-0.4, -0.2) is 149 Å². The van der Waals surface area contributed by atoms with Crippen LogP contribution in [0.2, 0.25) is 0 Å². The summed E-state index contributed by atoms with van der Waals surface area (Å²) in [5, 5.41) is 33.1. The maximum Gasteiger partial charge on any atom is 0.329 e. The number of piperidine rings is 1. The fourth-order valence-corrected chi connectivity index (χ4v) is 11.2. The quantitative estimate of drug-likeness (QED) is 0.0375. The number of carbonyl (C=O) groups is 5. The first-order valence-electron chi connectivity index (χ1n) is 27.2. The van der Waals surface area contributed by atoms with E-state index < -0.39 is 77.8 Å². The van der Waals surface area contributed by atoms with E-state index in [1.165, 1.54) is 12.0 Å². The minimum atomic E-state index is -2.46. The molecule has 2 saturated heterocycles. The molecule has 3 fully saturated rings. The Morgan fingerprint density at radius 1 is 0.849 bits per heavy atom. The predicted molar refractivity (Wildman–Crippen MR) is 288 cm³/mol. The number of ketones is 3. The third-order valence-corrected chi connectivity index (χ3v) is 16.4. The summed E-state index contributed by atoms with van der Waals surface area (Å²) in [6.45, 7) is 13.9. The Morgan fingerprint density at radius 2 is 1.59 bits per heavy atom. The molecule has 4 aliphatic rings. The smallest absolute Gasteiger partial charge is 0.329 e. The standard InChI is InChI=1S/C57H90INO14/c1-36-18-11-10-12-19-37(2)48(71-28-16-15-27-60)34-44-23-21-42(7)57(67,73-44)54(64)55(65)59-26-14-13-20-45(59)56(66)72-49(39(4)32-43-22-24-47(50(33-43)68-8)70-29-17-25-58)35-46(61)38(3)31-41(6)52(63)53(69-9)51(62)40(5)30-36/h10-12,18-19,31,36,38-40,42-45,47-50,52-53,60,63,67H,13-17,20-30,32-35H2,1-9H3/b12-10+,18-11+,37-19+,41-31+/t36-,38-,39-,40-,42-,43+,44+,45+,47-,48+,49+,50-,52-,53+,57-/m1/s1. The summed E-state index contributed by atoms with van der Waals surface area (Å²) in [6, 6.07) is -1.15. The molecule has 0 aromatic carbocycles. The van der Waals surface area contributed by atoms with Crippen LogP contribution in [0.1, 0.15) is 145 Å². The summed E-state index contributed by atoms with van der Waals surface area (Å²) >= 11 is 2.34. The summed E-state index contributed by atoms with van der Waals surface area (Å²) in [6.07, 6.45) is 14.6. The van der Waals surface area contributed by atoms with Crippen molar-refractivity contribution in [3.05, 3.63) is 47.6 Å². The average Bonchev–Trinajstić information content (AvgIpc) is 3.37. The molecule has 0 unspecified atom stereocenters. The molecule has 3 heterocycles. The first-order valence-corrected chi connectivity index (χ1v) is 28.7. The molecule has 3 aliphatic heterocycles. The molecule has 1 amide bonds. The molecule has 15 atom stereocenters. The number of hydrogen-bond acceptors (Lipinski definition) is 14. The van der Waals surface area contributed by atoms with E-state index in [2.05, 4.69) is 22.6 Å². The summed E-state index contributed by atoms with van der Waals surface area (Å²) < 4.78 is 37.7. The number of unbranched alkanes of at least 4 members (excludes halogenated alkanes) is 1. The van der Waals surface area contributed by atoms with Gasteiger partial charge in [-0.25, -0.2) is 4.79 Å². The van der Waals surface area contributed by atoms with Gasteiger partial charge < -0.3 is 48.6 Å². The molecule has 15 nitrogen and oxygen atoms in total. The highest BCUT2D eigenvalue weighted by Crippen LogP contribution is 2.38. The molecule has 4 rings (SSSR count). The highest BCUT2D eigenvalue weighted by molar-refractivity contribution is 14.1. The van der Waals surface area contributed by atoms with Crippen molar-refractivity contribution in [3.8, 4) is 0 Å². The van der Waals surface area contributed by atoms with Crippen molar-refractivity contribution in [3.63, 3.8) is 0 Å². The molecule has 414 valence electrons. The summed E-state index contributed by atoms with van der Waals surface area (Å²) in [5.41, 5.74) is 1.26. The number of halogens is 1. The lowest BCUT2D eigenvalue weighted by atomic mass is 9.78. The second-order valence-corrected chi connectivity index (χ2v) is 22.6. The third kappa shape index (κ3) is 18.5. The van der Waals surface area contributed by atoms with E-state index in [0.717, 1.165) is 35.7 Å². The van der Waals surface area contributed by atoms with Crippen LogP contribution in [0.5, 0.6) is 0 Å². The summed E-state index contributed by atoms with van der Waals surface area (Å²) in [7, 11) is 3.08. The van der Waals surface area contributed by atoms with Gasteiger partial charge in [-0.15, -0.1) is 0 Å². The maximum absolute atomic E-state index is 14.6. The first kappa shape index (κ1) is 62.9. The van der Waals surface area contributed by atoms with Crippen molar-refractivity contribution in [2.45, 2.75) is 199 Å². The van der Waals surface area contributed by atoms with Gasteiger partial charge >= 0.3 is 5.97 Å². The monoisotopic (exact) mass is 1140 g/mol. The zero-order chi connectivity index (χ0) is 53.8. The molecule has 0 spiro atoms. The molecule has 3 N–H and O–H groups in total. The number of aliphatic hydroxyl groups is 3. The lowest BCUT2D eigenvalue weighted by Crippen LogP contribution is -2.61. The molecule has 1 aliphatic carbocycles. The highest BCUT2D eigenvalue weighted by atomic mass is 127. The van der Waals surface area contributed by atoms with Gasteiger partial charge in [0.25, 0.3) is 11.7 Å². The lowest BCUT2D eigenvalue weighted by Gasteiger charge is -2.43. The van der Waals surface area contributed by atoms with Crippen LogP contribution in [0.4, 0.5) is 0 Å². The van der Waals surface area contributed by atoms with Crippen LogP contribution < -0.4 is 0 Å². The van der Waals surface area contributed by atoms with Crippen molar-refractivity contribution < 1.29 is 67.7 Å². The molecule has 0 radical (unpaired) electrons. The van der Waals surface area contributed by atoms with E-state index in [0.29, 0.717) is 70.2 Å². The van der Waals surface area contributed by atoms with Gasteiger partial charge in [0.2, 0.25) is 5.79 Å². The Morgan fingerprint density at radius 3 is 2.29 bits per heavy atom. The fourth-order valence-electron chi connectivity index (χ4n) is 10.9. The van der Waals surface area contributed by atoms with Gasteiger partial charge in [0.1, 0.15) is 30.1 Å². The number of carbonyl (C=O) groups excluding carboxylic acids is 5. The second kappa shape index (κ2) is 31.5. The molecule has 0 aromatic heterocycles. The zero-order valence-corrected chi connectivity index (χ0v) is 47.5. The van der Waals surface area contributed by atoms with Gasteiger partial charge in [0.15, 0.2) is 5.78 Å². The van der Waals surface area contributed by atoms with E-state index in [9.17, 15) is 39.3 Å². The highest BCUT2D eigenvalue weighted by Gasteiger charge is 2.53. The number of allylic oxidation sites excluding steroid dienone is 6. The van der Waals surface area contributed by atoms with Crippen molar-refractivity contribution >= 4 is 51.8 Å². The molecular formula is C57H90INO14. The largest absolute Gasteiger partial charge is 0.460 e. The van der Waals surface area contributed by atoms with Crippen LogP contribution in [0.3, 0.4) is 0 Å². The van der Waals surface area contributed by atoms with Crippen molar-refractivity contribution in [2.75, 3.05) is 45.0 Å². The van der Waals surface area contributed by atoms with Crippen LogP contribution in [-0.2, 0) is 52.4 Å². The maximum atomic E-state index is 14.6. The number of methoxy groups -OCH3 is 2. The van der Waals surface area contributed by atoms with Gasteiger partial charge in [0, 0.05) is 75.6 Å². The van der Waals surface area contributed by atoms with Gasteiger partial charge in [0.05, 0.1) is 24.4 Å². The molecule has 2 bridgehead atoms. The molecule has 1 saturated carbocycles. The van der Waals surface area contributed by atoms with Crippen LogP contribution in [0, 0.1) is 35.5 Å².